The first-order valence-electron chi connectivity index (χ1n) is 10.4. The van der Waals surface area contributed by atoms with Gasteiger partial charge in [-0.05, 0) is 48.9 Å². The van der Waals surface area contributed by atoms with Gasteiger partial charge in [0.15, 0.2) is 5.79 Å². The molecule has 146 valence electrons. The first kappa shape index (κ1) is 17.6. The first-order chi connectivity index (χ1) is 12.3. The fourth-order valence-corrected chi connectivity index (χ4v) is 7.97. The zero-order valence-corrected chi connectivity index (χ0v) is 15.9. The van der Waals surface area contributed by atoms with E-state index in [9.17, 15) is 9.90 Å². The minimum Gasteiger partial charge on any atom is -0.393 e. The number of aliphatic hydroxyl groups excluding tert-OH is 1. The Hall–Kier alpha value is -0.520. The van der Waals surface area contributed by atoms with Crippen molar-refractivity contribution in [3.05, 3.63) is 0 Å². The van der Waals surface area contributed by atoms with Crippen molar-refractivity contribution in [2.24, 2.45) is 34.5 Å². The van der Waals surface area contributed by atoms with Gasteiger partial charge in [-0.2, -0.15) is 0 Å². The number of aliphatic hydroxyl groups is 1. The number of alkyl halides is 1. The molecule has 5 heteroatoms. The minimum absolute atomic E-state index is 0.0433. The number of ether oxygens (including phenoxy) is 2. The molecule has 1 aliphatic heterocycles. The number of Topliss-reactive ketones (excluding diaryl/α,β-unsaturated/α-hetero) is 1. The maximum Gasteiger partial charge on any atom is 0.176 e. The normalized spacial score (nSPS) is 55.5. The van der Waals surface area contributed by atoms with Gasteiger partial charge in [-0.25, -0.2) is 4.39 Å². The SMILES string of the molecule is C[C@]12CCC(=O)CC1[C@@H](O)CC1C2CC[C@@]2(C)C1C(F)CC21OCCO1. The second kappa shape index (κ2) is 5.51. The molecule has 0 radical (unpaired) electrons. The van der Waals surface area contributed by atoms with E-state index >= 15 is 4.39 Å². The summed E-state index contributed by atoms with van der Waals surface area (Å²) >= 11 is 0. The number of hydrogen-bond donors (Lipinski definition) is 1. The third kappa shape index (κ3) is 2.03. The fraction of sp³-hybridized carbons (Fsp3) is 0.952. The van der Waals surface area contributed by atoms with Crippen LogP contribution in [0.3, 0.4) is 0 Å². The van der Waals surface area contributed by atoms with Crippen molar-refractivity contribution in [2.45, 2.75) is 76.9 Å². The summed E-state index contributed by atoms with van der Waals surface area (Å²) in [7, 11) is 0. The van der Waals surface area contributed by atoms with Gasteiger partial charge in [0.05, 0.1) is 19.3 Å². The summed E-state index contributed by atoms with van der Waals surface area (Å²) in [6.07, 6.45) is 3.38. The van der Waals surface area contributed by atoms with Crippen LogP contribution >= 0.6 is 0 Å². The summed E-state index contributed by atoms with van der Waals surface area (Å²) in [5.41, 5.74) is -0.373. The Morgan fingerprint density at radius 3 is 2.62 bits per heavy atom. The third-order valence-corrected chi connectivity index (χ3v) is 9.23. The molecule has 1 heterocycles. The summed E-state index contributed by atoms with van der Waals surface area (Å²) in [5.74, 6) is -0.0298. The van der Waals surface area contributed by atoms with E-state index < -0.39 is 18.1 Å². The van der Waals surface area contributed by atoms with Gasteiger partial charge in [0.2, 0.25) is 0 Å². The van der Waals surface area contributed by atoms with Crippen molar-refractivity contribution >= 4 is 5.78 Å². The molecule has 5 unspecified atom stereocenters. The molecule has 4 nitrogen and oxygen atoms in total. The highest BCUT2D eigenvalue weighted by Gasteiger charge is 2.71. The number of carbonyl (C=O) groups excluding carboxylic acids is 1. The smallest absolute Gasteiger partial charge is 0.176 e. The fourth-order valence-electron chi connectivity index (χ4n) is 7.97. The van der Waals surface area contributed by atoms with Crippen LogP contribution in [0.2, 0.25) is 0 Å². The minimum atomic E-state index is -0.941. The zero-order chi connectivity index (χ0) is 18.3. The van der Waals surface area contributed by atoms with Crippen LogP contribution in [0.5, 0.6) is 0 Å². The molecular formula is C21H31FO4. The lowest BCUT2D eigenvalue weighted by Crippen LogP contribution is -2.60. The van der Waals surface area contributed by atoms with Crippen molar-refractivity contribution in [1.82, 2.24) is 0 Å². The van der Waals surface area contributed by atoms with Crippen LogP contribution in [0.1, 0.15) is 58.8 Å². The monoisotopic (exact) mass is 366 g/mol. The van der Waals surface area contributed by atoms with Crippen molar-refractivity contribution in [2.75, 3.05) is 13.2 Å². The molecule has 5 rings (SSSR count). The predicted octanol–water partition coefficient (Wildman–Crippen LogP) is 3.26. The number of carbonyl (C=O) groups is 1. The van der Waals surface area contributed by atoms with Gasteiger partial charge in [0.25, 0.3) is 0 Å². The summed E-state index contributed by atoms with van der Waals surface area (Å²) in [4.78, 5) is 12.0. The lowest BCUT2D eigenvalue weighted by Gasteiger charge is -2.61. The van der Waals surface area contributed by atoms with Gasteiger partial charge in [-0.3, -0.25) is 4.79 Å². The van der Waals surface area contributed by atoms with E-state index in [0.717, 1.165) is 19.3 Å². The van der Waals surface area contributed by atoms with E-state index in [4.69, 9.17) is 9.47 Å². The van der Waals surface area contributed by atoms with E-state index in [1.807, 2.05) is 0 Å². The molecule has 0 aromatic heterocycles. The summed E-state index contributed by atoms with van der Waals surface area (Å²) in [5, 5.41) is 10.9. The Balaban J connectivity index is 1.52. The number of ketones is 1. The van der Waals surface area contributed by atoms with Crippen LogP contribution in [0.15, 0.2) is 0 Å². The van der Waals surface area contributed by atoms with Crippen LogP contribution < -0.4 is 0 Å². The lowest BCUT2D eigenvalue weighted by atomic mass is 9.44. The summed E-state index contributed by atoms with van der Waals surface area (Å²) < 4.78 is 27.5. The van der Waals surface area contributed by atoms with E-state index in [2.05, 4.69) is 13.8 Å². The third-order valence-electron chi connectivity index (χ3n) is 9.23. The van der Waals surface area contributed by atoms with E-state index in [-0.39, 0.29) is 34.4 Å². The summed E-state index contributed by atoms with van der Waals surface area (Å²) in [6, 6.07) is 0. The van der Waals surface area contributed by atoms with Crippen molar-refractivity contribution in [3.63, 3.8) is 0 Å². The molecule has 4 aliphatic carbocycles. The van der Waals surface area contributed by atoms with Crippen LogP contribution in [0.25, 0.3) is 0 Å². The molecule has 1 saturated heterocycles. The van der Waals surface area contributed by atoms with E-state index in [1.54, 1.807) is 0 Å². The van der Waals surface area contributed by atoms with Crippen LogP contribution in [0, 0.1) is 34.5 Å². The Bertz CT molecular complexity index is 617. The highest BCUT2D eigenvalue weighted by molar-refractivity contribution is 5.79. The number of hydrogen-bond acceptors (Lipinski definition) is 4. The number of rotatable bonds is 0. The maximum atomic E-state index is 15.4. The highest BCUT2D eigenvalue weighted by Crippen LogP contribution is 2.69. The van der Waals surface area contributed by atoms with Gasteiger partial charge in [0.1, 0.15) is 12.0 Å². The van der Waals surface area contributed by atoms with Crippen molar-refractivity contribution in [1.29, 1.82) is 0 Å². The molecule has 5 aliphatic rings. The first-order valence-corrected chi connectivity index (χ1v) is 10.4. The second-order valence-corrected chi connectivity index (χ2v) is 10.1. The van der Waals surface area contributed by atoms with Gasteiger partial charge >= 0.3 is 0 Å². The Morgan fingerprint density at radius 2 is 1.88 bits per heavy atom. The molecule has 1 N–H and O–H groups in total. The molecule has 5 fully saturated rings. The van der Waals surface area contributed by atoms with E-state index in [0.29, 0.717) is 44.8 Å². The van der Waals surface area contributed by atoms with Gasteiger partial charge in [-0.1, -0.05) is 13.8 Å². The molecule has 1 spiro atoms. The largest absolute Gasteiger partial charge is 0.393 e. The molecule has 26 heavy (non-hydrogen) atoms. The summed E-state index contributed by atoms with van der Waals surface area (Å²) in [6.45, 7) is 5.51. The lowest BCUT2D eigenvalue weighted by molar-refractivity contribution is -0.251. The molecule has 8 atom stereocenters. The molecule has 0 bridgehead atoms. The molecular weight excluding hydrogens is 335 g/mol. The molecule has 0 aromatic rings. The maximum absolute atomic E-state index is 15.4. The van der Waals surface area contributed by atoms with Crippen LogP contribution in [-0.4, -0.2) is 42.2 Å². The van der Waals surface area contributed by atoms with Gasteiger partial charge < -0.3 is 14.6 Å². The van der Waals surface area contributed by atoms with Crippen LogP contribution in [0.4, 0.5) is 4.39 Å². The second-order valence-electron chi connectivity index (χ2n) is 10.1. The van der Waals surface area contributed by atoms with Crippen LogP contribution in [-0.2, 0) is 14.3 Å². The van der Waals surface area contributed by atoms with Crippen molar-refractivity contribution < 1.29 is 23.8 Å². The van der Waals surface area contributed by atoms with Gasteiger partial charge in [0, 0.05) is 30.6 Å². The van der Waals surface area contributed by atoms with Gasteiger partial charge in [-0.15, -0.1) is 0 Å². The molecule has 0 aromatic carbocycles. The predicted molar refractivity (Wildman–Crippen MR) is 93.0 cm³/mol. The number of fused-ring (bicyclic) bond motifs is 6. The Labute approximate surface area is 154 Å². The average molecular weight is 366 g/mol. The quantitative estimate of drug-likeness (QED) is 0.715. The Kier molecular flexibility index (Phi) is 3.73. The zero-order valence-electron chi connectivity index (χ0n) is 15.9. The standard InChI is InChI=1S/C21H31FO4/c1-19-5-3-12(23)9-15(19)17(24)10-13-14(19)4-6-20(2)18(13)16(22)11-21(20)25-7-8-26-21/h13-18,24H,3-11H2,1-2H3/t13?,14?,15?,16?,17-,18?,19+,20-/m0/s1. The topological polar surface area (TPSA) is 55.8 Å². The molecule has 0 amide bonds. The van der Waals surface area contributed by atoms with Crippen molar-refractivity contribution in [3.8, 4) is 0 Å². The molecule has 4 saturated carbocycles. The highest BCUT2D eigenvalue weighted by atomic mass is 19.1. The number of halogens is 1. The van der Waals surface area contributed by atoms with E-state index in [1.165, 1.54) is 0 Å². The Morgan fingerprint density at radius 1 is 1.15 bits per heavy atom. The average Bonchev–Trinajstić information content (AvgIpc) is 3.14.